The highest BCUT2D eigenvalue weighted by Crippen LogP contribution is 2.26. The third-order valence-electron chi connectivity index (χ3n) is 5.84. The maximum absolute atomic E-state index is 13.9. The minimum atomic E-state index is -0.497. The van der Waals surface area contributed by atoms with Gasteiger partial charge in [-0.15, -0.1) is 0 Å². The van der Waals surface area contributed by atoms with E-state index in [4.69, 9.17) is 0 Å². The van der Waals surface area contributed by atoms with Crippen molar-refractivity contribution in [3.05, 3.63) is 131 Å². The van der Waals surface area contributed by atoms with E-state index in [-0.39, 0.29) is 23.6 Å². The largest absolute Gasteiger partial charge is 0.377 e. The van der Waals surface area contributed by atoms with Crippen LogP contribution in [0.3, 0.4) is 0 Å². The van der Waals surface area contributed by atoms with Gasteiger partial charge in [0.15, 0.2) is 0 Å². The Balaban J connectivity index is 1.66. The van der Waals surface area contributed by atoms with Crippen molar-refractivity contribution in [1.82, 2.24) is 4.90 Å². The zero-order valence-electron chi connectivity index (χ0n) is 20.6. The molecule has 0 saturated carbocycles. The molecule has 0 spiro atoms. The number of hydrogen-bond acceptors (Lipinski definition) is 3. The van der Waals surface area contributed by atoms with Crippen molar-refractivity contribution >= 4 is 23.2 Å². The molecule has 0 aliphatic rings. The Hall–Kier alpha value is -4.52. The summed E-state index contributed by atoms with van der Waals surface area (Å²) in [6, 6.07) is 26.0. The molecule has 0 heterocycles. The van der Waals surface area contributed by atoms with E-state index in [1.807, 2.05) is 55.4 Å². The molecule has 4 aromatic rings. The van der Waals surface area contributed by atoms with E-state index >= 15 is 0 Å². The number of carbonyl (C=O) groups is 2. The smallest absolute Gasteiger partial charge is 0.255 e. The molecule has 37 heavy (non-hydrogen) atoms. The van der Waals surface area contributed by atoms with Crippen molar-refractivity contribution in [2.75, 3.05) is 24.3 Å². The van der Waals surface area contributed by atoms with Gasteiger partial charge in [0.05, 0.1) is 0 Å². The summed E-state index contributed by atoms with van der Waals surface area (Å²) in [5, 5.41) is 2.81. The van der Waals surface area contributed by atoms with Crippen molar-refractivity contribution in [3.8, 4) is 0 Å². The van der Waals surface area contributed by atoms with E-state index in [9.17, 15) is 18.4 Å². The number of amides is 2. The predicted octanol–water partition coefficient (Wildman–Crippen LogP) is 6.13. The van der Waals surface area contributed by atoms with Gasteiger partial charge < -0.3 is 15.1 Å². The van der Waals surface area contributed by atoms with Crippen molar-refractivity contribution in [3.63, 3.8) is 0 Å². The third kappa shape index (κ3) is 6.58. The van der Waals surface area contributed by atoms with Crippen LogP contribution in [-0.2, 0) is 13.1 Å². The summed E-state index contributed by atoms with van der Waals surface area (Å²) in [4.78, 5) is 29.8. The maximum Gasteiger partial charge on any atom is 0.255 e. The van der Waals surface area contributed by atoms with E-state index in [0.29, 0.717) is 12.2 Å². The van der Waals surface area contributed by atoms with Crippen LogP contribution >= 0.6 is 0 Å². The number of halogens is 2. The first-order valence-corrected chi connectivity index (χ1v) is 11.8. The molecule has 5 nitrogen and oxygen atoms in total. The lowest BCUT2D eigenvalue weighted by molar-refractivity contribution is 0.0729. The second kappa shape index (κ2) is 11.5. The molecule has 1 N–H and O–H groups in total. The SMILES string of the molecule is CN(C)c1ccc(NC(=O)c2cccc(F)c2)cc1CN(Cc1ccccc1)C(=O)c1cccc(F)c1. The molecule has 4 rings (SSSR count). The van der Waals surface area contributed by atoms with Crippen LogP contribution in [0.4, 0.5) is 20.2 Å². The van der Waals surface area contributed by atoms with Gasteiger partial charge in [-0.05, 0) is 65.7 Å². The van der Waals surface area contributed by atoms with E-state index in [2.05, 4.69) is 5.32 Å². The third-order valence-corrected chi connectivity index (χ3v) is 5.84. The summed E-state index contributed by atoms with van der Waals surface area (Å²) in [6.45, 7) is 0.518. The molecule has 0 saturated heterocycles. The quantitative estimate of drug-likeness (QED) is 0.318. The Kier molecular flexibility index (Phi) is 7.93. The standard InChI is InChI=1S/C30H27F2N3O2/c1-34(2)28-15-14-27(33-29(36)22-10-6-12-25(31)16-22)18-24(28)20-35(19-21-8-4-3-5-9-21)30(37)23-11-7-13-26(32)17-23/h3-18H,19-20H2,1-2H3,(H,33,36). The van der Waals surface area contributed by atoms with Gasteiger partial charge in [0.1, 0.15) is 11.6 Å². The molecular formula is C30H27F2N3O2. The Labute approximate surface area is 215 Å². The molecule has 2 amide bonds. The van der Waals surface area contributed by atoms with Gasteiger partial charge in [0.25, 0.3) is 11.8 Å². The zero-order valence-corrected chi connectivity index (χ0v) is 20.6. The average molecular weight is 500 g/mol. The molecule has 0 fully saturated rings. The molecule has 188 valence electrons. The number of carbonyl (C=O) groups excluding carboxylic acids is 2. The monoisotopic (exact) mass is 499 g/mol. The molecular weight excluding hydrogens is 472 g/mol. The molecule has 4 aromatic carbocycles. The maximum atomic E-state index is 13.9. The summed E-state index contributed by atoms with van der Waals surface area (Å²) < 4.78 is 27.5. The average Bonchev–Trinajstić information content (AvgIpc) is 2.88. The topological polar surface area (TPSA) is 52.7 Å². The van der Waals surface area contributed by atoms with Gasteiger partial charge in [-0.2, -0.15) is 0 Å². The Morgan fingerprint density at radius 3 is 2.03 bits per heavy atom. The number of rotatable bonds is 8. The molecule has 0 radical (unpaired) electrons. The molecule has 7 heteroatoms. The second-order valence-electron chi connectivity index (χ2n) is 8.86. The fourth-order valence-electron chi connectivity index (χ4n) is 4.07. The fraction of sp³-hybridized carbons (Fsp3) is 0.133. The summed E-state index contributed by atoms with van der Waals surface area (Å²) in [7, 11) is 3.78. The lowest BCUT2D eigenvalue weighted by Crippen LogP contribution is -2.31. The van der Waals surface area contributed by atoms with E-state index in [1.54, 1.807) is 23.1 Å². The summed E-state index contributed by atoms with van der Waals surface area (Å²) in [5.74, 6) is -1.74. The van der Waals surface area contributed by atoms with Crippen LogP contribution in [0.2, 0.25) is 0 Å². The molecule has 0 aromatic heterocycles. The first kappa shape index (κ1) is 25.6. The van der Waals surface area contributed by atoms with Gasteiger partial charge in [-0.1, -0.05) is 42.5 Å². The normalized spacial score (nSPS) is 10.6. The molecule has 0 aliphatic heterocycles. The van der Waals surface area contributed by atoms with Gasteiger partial charge in [0.2, 0.25) is 0 Å². The minimum Gasteiger partial charge on any atom is -0.377 e. The minimum absolute atomic E-state index is 0.199. The van der Waals surface area contributed by atoms with Crippen LogP contribution in [-0.4, -0.2) is 30.8 Å². The lowest BCUT2D eigenvalue weighted by atomic mass is 10.1. The summed E-state index contributed by atoms with van der Waals surface area (Å²) >= 11 is 0. The first-order valence-electron chi connectivity index (χ1n) is 11.8. The number of nitrogens with zero attached hydrogens (tertiary/aromatic N) is 2. The van der Waals surface area contributed by atoms with Gasteiger partial charge >= 0.3 is 0 Å². The first-order chi connectivity index (χ1) is 17.8. The van der Waals surface area contributed by atoms with Crippen LogP contribution in [0, 0.1) is 11.6 Å². The highest BCUT2D eigenvalue weighted by atomic mass is 19.1. The van der Waals surface area contributed by atoms with Crippen LogP contribution in [0.5, 0.6) is 0 Å². The number of anilines is 2. The van der Waals surface area contributed by atoms with Crippen molar-refractivity contribution in [2.24, 2.45) is 0 Å². The van der Waals surface area contributed by atoms with Crippen molar-refractivity contribution in [2.45, 2.75) is 13.1 Å². The summed E-state index contributed by atoms with van der Waals surface area (Å²) in [5.41, 5.74) is 3.52. The Morgan fingerprint density at radius 2 is 1.38 bits per heavy atom. The zero-order chi connectivity index (χ0) is 26.4. The number of hydrogen-bond donors (Lipinski definition) is 1. The highest BCUT2D eigenvalue weighted by Gasteiger charge is 2.20. The lowest BCUT2D eigenvalue weighted by Gasteiger charge is -2.26. The van der Waals surface area contributed by atoms with Crippen LogP contribution in [0.1, 0.15) is 31.8 Å². The highest BCUT2D eigenvalue weighted by molar-refractivity contribution is 6.04. The van der Waals surface area contributed by atoms with E-state index < -0.39 is 17.5 Å². The van der Waals surface area contributed by atoms with Crippen molar-refractivity contribution in [1.29, 1.82) is 0 Å². The Bertz CT molecular complexity index is 1410. The van der Waals surface area contributed by atoms with Crippen LogP contribution < -0.4 is 10.2 Å². The van der Waals surface area contributed by atoms with Crippen LogP contribution in [0.25, 0.3) is 0 Å². The predicted molar refractivity (Wildman–Crippen MR) is 142 cm³/mol. The second-order valence-corrected chi connectivity index (χ2v) is 8.86. The van der Waals surface area contributed by atoms with Crippen LogP contribution in [0.15, 0.2) is 97.1 Å². The summed E-state index contributed by atoms with van der Waals surface area (Å²) in [6.07, 6.45) is 0. The number of nitrogens with one attached hydrogen (secondary N) is 1. The van der Waals surface area contributed by atoms with E-state index in [1.165, 1.54) is 42.5 Å². The molecule has 0 unspecified atom stereocenters. The number of benzene rings is 4. The molecule has 0 aliphatic carbocycles. The van der Waals surface area contributed by atoms with Gasteiger partial charge in [-0.3, -0.25) is 9.59 Å². The van der Waals surface area contributed by atoms with Gasteiger partial charge in [0, 0.05) is 49.7 Å². The molecule has 0 atom stereocenters. The molecule has 0 bridgehead atoms. The van der Waals surface area contributed by atoms with Crippen molar-refractivity contribution < 1.29 is 18.4 Å². The van der Waals surface area contributed by atoms with E-state index in [0.717, 1.165) is 16.8 Å². The van der Waals surface area contributed by atoms with Gasteiger partial charge in [-0.25, -0.2) is 8.78 Å². The fourth-order valence-corrected chi connectivity index (χ4v) is 4.07. The Morgan fingerprint density at radius 1 is 0.730 bits per heavy atom.